The minimum absolute atomic E-state index is 0.00444. The van der Waals surface area contributed by atoms with Crippen LogP contribution in [-0.4, -0.2) is 125 Å². The first kappa shape index (κ1) is 44.7. The zero-order chi connectivity index (χ0) is 46.8. The molecule has 1 unspecified atom stereocenters. The maximum atomic E-state index is 15.8. The Bertz CT molecular complexity index is 2920. The van der Waals surface area contributed by atoms with E-state index in [1.165, 1.54) is 11.8 Å². The van der Waals surface area contributed by atoms with E-state index < -0.39 is 69.1 Å². The Morgan fingerprint density at radius 2 is 1.67 bits per heavy atom. The molecular formula is C48H49F3N8O7S. The Labute approximate surface area is 384 Å². The van der Waals surface area contributed by atoms with Crippen LogP contribution in [-0.2, 0) is 26.3 Å². The van der Waals surface area contributed by atoms with E-state index in [4.69, 9.17) is 0 Å². The topological polar surface area (TPSA) is 188 Å². The molecule has 4 fully saturated rings. The molecule has 7 heterocycles. The number of hydrogen-bond acceptors (Lipinski definition) is 10. The molecule has 0 bridgehead atoms. The van der Waals surface area contributed by atoms with Crippen molar-refractivity contribution >= 4 is 56.1 Å². The predicted molar refractivity (Wildman–Crippen MR) is 242 cm³/mol. The Kier molecular flexibility index (Phi) is 11.7. The van der Waals surface area contributed by atoms with E-state index >= 15 is 8.78 Å². The Morgan fingerprint density at radius 3 is 2.39 bits per heavy atom. The van der Waals surface area contributed by atoms with Crippen LogP contribution in [0.4, 0.5) is 24.5 Å². The van der Waals surface area contributed by atoms with Gasteiger partial charge < -0.3 is 24.8 Å². The van der Waals surface area contributed by atoms with Crippen LogP contribution in [0.5, 0.6) is 0 Å². The van der Waals surface area contributed by atoms with Gasteiger partial charge in [0.05, 0.1) is 16.9 Å². The standard InChI is InChI=1S/C48H49F3N8O7S/c49-33-13-18-58(26-33)67(65,66)55-39-8-7-38(50)42(43(39)51)44(61)37-24-53-45-36(37)22-31(23-52-45)28-1-4-34(5-2-28)57-19-14-48(64,15-20-57)27-56-16-11-29(12-17-56)30-3-6-35-32(21-30)25-59(47(35)63)40-9-10-41(60)54-46(40)62/h1-8,21-24,29,33,40,55,64H,9-20,25-27H2,(H,52,53)(H,54,60,62)/t33-,40?/m1/s1. The summed E-state index contributed by atoms with van der Waals surface area (Å²) >= 11 is 0. The maximum absolute atomic E-state index is 15.8. The highest BCUT2D eigenvalue weighted by molar-refractivity contribution is 7.90. The summed E-state index contributed by atoms with van der Waals surface area (Å²) in [6.07, 6.45) is 5.13. The van der Waals surface area contributed by atoms with Crippen LogP contribution < -0.4 is 14.9 Å². The number of piperidine rings is 3. The lowest BCUT2D eigenvalue weighted by molar-refractivity contribution is -0.136. The van der Waals surface area contributed by atoms with Crippen molar-refractivity contribution in [2.75, 3.05) is 55.4 Å². The van der Waals surface area contributed by atoms with Crippen LogP contribution in [0.25, 0.3) is 22.2 Å². The Balaban J connectivity index is 0.741. The second kappa shape index (κ2) is 17.5. The molecule has 0 aliphatic carbocycles. The van der Waals surface area contributed by atoms with E-state index in [9.17, 15) is 37.1 Å². The number of amides is 3. The maximum Gasteiger partial charge on any atom is 0.301 e. The van der Waals surface area contributed by atoms with Crippen LogP contribution >= 0.6 is 0 Å². The largest absolute Gasteiger partial charge is 0.388 e. The first-order valence-electron chi connectivity index (χ1n) is 22.6. The number of rotatable bonds is 11. The molecule has 5 aliphatic heterocycles. The highest BCUT2D eigenvalue weighted by atomic mass is 32.2. The van der Waals surface area contributed by atoms with Crippen molar-refractivity contribution in [3.8, 4) is 11.1 Å². The number of carbonyl (C=O) groups excluding carboxylic acids is 4. The SMILES string of the molecule is O=C1CCC(N2Cc3cc(C4CCN(CC5(O)CCN(c6ccc(-c7cnc8[nH]cc(C(=O)c9c(F)ccc(NS(=O)(=O)N%10CC[C@@H](F)C%10)c9F)c8c7)cc6)CC5)CC4)ccc3C2=O)C(=O)N1. The number of H-pyrrole nitrogens is 1. The van der Waals surface area contributed by atoms with Gasteiger partial charge in [-0.3, -0.25) is 29.2 Å². The van der Waals surface area contributed by atoms with Crippen LogP contribution in [0.3, 0.4) is 0 Å². The molecule has 5 aromatic rings. The summed E-state index contributed by atoms with van der Waals surface area (Å²) < 4.78 is 73.1. The molecule has 10 rings (SSSR count). The van der Waals surface area contributed by atoms with Gasteiger partial charge in [-0.2, -0.15) is 12.7 Å². The molecule has 67 heavy (non-hydrogen) atoms. The number of benzene rings is 3. The molecule has 0 spiro atoms. The van der Waals surface area contributed by atoms with Crippen molar-refractivity contribution in [1.82, 2.24) is 29.4 Å². The number of nitrogens with zero attached hydrogens (tertiary/aromatic N) is 5. The molecule has 19 heteroatoms. The van der Waals surface area contributed by atoms with Gasteiger partial charge in [-0.25, -0.2) is 18.2 Å². The number of anilines is 2. The third-order valence-corrected chi connectivity index (χ3v) is 15.6. The molecule has 4 saturated heterocycles. The first-order chi connectivity index (χ1) is 32.1. The van der Waals surface area contributed by atoms with Gasteiger partial charge in [0.1, 0.15) is 23.7 Å². The van der Waals surface area contributed by atoms with Gasteiger partial charge in [0.15, 0.2) is 5.82 Å². The van der Waals surface area contributed by atoms with E-state index in [0.29, 0.717) is 73.5 Å². The van der Waals surface area contributed by atoms with Crippen molar-refractivity contribution in [3.05, 3.63) is 113 Å². The zero-order valence-corrected chi connectivity index (χ0v) is 37.3. The number of halogens is 3. The van der Waals surface area contributed by atoms with E-state index in [-0.39, 0.29) is 36.8 Å². The molecule has 15 nitrogen and oxygen atoms in total. The van der Waals surface area contributed by atoms with E-state index in [1.807, 2.05) is 41.1 Å². The minimum Gasteiger partial charge on any atom is -0.388 e. The van der Waals surface area contributed by atoms with Crippen LogP contribution in [0.1, 0.15) is 88.3 Å². The molecule has 350 valence electrons. The lowest BCUT2D eigenvalue weighted by Crippen LogP contribution is -2.52. The summed E-state index contributed by atoms with van der Waals surface area (Å²) in [7, 11) is -4.37. The number of hydrogen-bond donors (Lipinski definition) is 4. The summed E-state index contributed by atoms with van der Waals surface area (Å²) in [5, 5.41) is 14.4. The van der Waals surface area contributed by atoms with E-state index in [1.54, 1.807) is 17.2 Å². The second-order valence-corrected chi connectivity index (χ2v) is 20.1. The third kappa shape index (κ3) is 8.69. The van der Waals surface area contributed by atoms with Crippen molar-refractivity contribution in [2.45, 2.75) is 75.2 Å². The summed E-state index contributed by atoms with van der Waals surface area (Å²) in [5.74, 6) is -4.19. The lowest BCUT2D eigenvalue weighted by Gasteiger charge is -2.43. The molecule has 3 amide bonds. The number of likely N-dealkylation sites (tertiary alicyclic amines) is 1. The van der Waals surface area contributed by atoms with Crippen LogP contribution in [0, 0.1) is 11.6 Å². The van der Waals surface area contributed by atoms with E-state index in [2.05, 4.69) is 31.2 Å². The summed E-state index contributed by atoms with van der Waals surface area (Å²) in [5.41, 5.74) is 2.91. The normalized spacial score (nSPS) is 21.8. The molecule has 0 radical (unpaired) electrons. The average molecular weight is 939 g/mol. The van der Waals surface area contributed by atoms with Crippen molar-refractivity contribution in [3.63, 3.8) is 0 Å². The number of aliphatic hydroxyl groups is 1. The Hall–Kier alpha value is -6.15. The number of alkyl halides is 1. The number of fused-ring (bicyclic) bond motifs is 2. The van der Waals surface area contributed by atoms with Gasteiger partial charge in [0, 0.05) is 85.8 Å². The number of nitrogens with one attached hydrogen (secondary N) is 3. The van der Waals surface area contributed by atoms with Gasteiger partial charge >= 0.3 is 10.2 Å². The van der Waals surface area contributed by atoms with E-state index in [0.717, 1.165) is 59.2 Å². The summed E-state index contributed by atoms with van der Waals surface area (Å²) in [6.45, 7) is 3.42. The molecule has 3 aromatic carbocycles. The number of ketones is 1. The minimum atomic E-state index is -4.37. The molecular weight excluding hydrogens is 890 g/mol. The van der Waals surface area contributed by atoms with Gasteiger partial charge in [0.2, 0.25) is 17.6 Å². The monoisotopic (exact) mass is 938 g/mol. The summed E-state index contributed by atoms with van der Waals surface area (Å²) in [4.78, 5) is 64.6. The highest BCUT2D eigenvalue weighted by Gasteiger charge is 2.40. The smallest absolute Gasteiger partial charge is 0.301 e. The third-order valence-electron chi connectivity index (χ3n) is 14.2. The first-order valence-corrected chi connectivity index (χ1v) is 24.1. The van der Waals surface area contributed by atoms with Crippen LogP contribution in [0.15, 0.2) is 73.1 Å². The average Bonchev–Trinajstić information content (AvgIpc) is 4.04. The second-order valence-electron chi connectivity index (χ2n) is 18.4. The quantitative estimate of drug-likeness (QED) is 0.0986. The fourth-order valence-corrected chi connectivity index (χ4v) is 11.6. The highest BCUT2D eigenvalue weighted by Crippen LogP contribution is 2.36. The number of pyridine rings is 1. The van der Waals surface area contributed by atoms with Crippen molar-refractivity contribution < 1.29 is 45.9 Å². The lowest BCUT2D eigenvalue weighted by atomic mass is 9.86. The fourth-order valence-electron chi connectivity index (χ4n) is 10.3. The summed E-state index contributed by atoms with van der Waals surface area (Å²) in [6, 6.07) is 16.5. The molecule has 2 aromatic heterocycles. The van der Waals surface area contributed by atoms with Crippen LogP contribution in [0.2, 0.25) is 0 Å². The van der Waals surface area contributed by atoms with Gasteiger partial charge in [-0.15, -0.1) is 0 Å². The number of imide groups is 1. The molecule has 4 N–H and O–H groups in total. The molecule has 0 saturated carbocycles. The number of aromatic nitrogens is 2. The predicted octanol–water partition coefficient (Wildman–Crippen LogP) is 5.41. The fraction of sp³-hybridized carbons (Fsp3) is 0.396. The van der Waals surface area contributed by atoms with Gasteiger partial charge in [-0.05, 0) is 111 Å². The molecule has 5 aliphatic rings. The Morgan fingerprint density at radius 1 is 0.910 bits per heavy atom. The van der Waals surface area contributed by atoms with Gasteiger partial charge in [-0.1, -0.05) is 24.3 Å². The zero-order valence-electron chi connectivity index (χ0n) is 36.4. The molecule has 2 atom stereocenters. The number of β-amino-alcohol motifs (C(OH)–C–C–N with tert-alkyl or cyclic N) is 1. The number of aromatic amines is 1. The number of carbonyl (C=O) groups is 4. The van der Waals surface area contributed by atoms with Crippen molar-refractivity contribution in [1.29, 1.82) is 0 Å². The van der Waals surface area contributed by atoms with Crippen molar-refractivity contribution in [2.24, 2.45) is 0 Å². The van der Waals surface area contributed by atoms with Gasteiger partial charge in [0.25, 0.3) is 5.91 Å².